The van der Waals surface area contributed by atoms with Gasteiger partial charge in [0.15, 0.2) is 17.3 Å². The molecule has 15 heteroatoms. The summed E-state index contributed by atoms with van der Waals surface area (Å²) in [4.78, 5) is 17.4. The van der Waals surface area contributed by atoms with Crippen molar-refractivity contribution >= 4 is 11.4 Å². The minimum atomic E-state index is -5.09. The van der Waals surface area contributed by atoms with E-state index in [0.717, 1.165) is 28.4 Å². The highest BCUT2D eigenvalue weighted by atomic mass is 19.4. The summed E-state index contributed by atoms with van der Waals surface area (Å²) in [5.74, 6) is -2.16. The molecule has 0 aliphatic heterocycles. The van der Waals surface area contributed by atoms with Crippen molar-refractivity contribution in [2.75, 3.05) is 0 Å². The van der Waals surface area contributed by atoms with Crippen LogP contribution in [-0.2, 0) is 13.0 Å². The Morgan fingerprint density at radius 2 is 1.92 bits per heavy atom. The molecule has 4 heterocycles. The number of hydrogen-bond acceptors (Lipinski definition) is 8. The lowest BCUT2D eigenvalue weighted by molar-refractivity contribution is -0.275. The topological polar surface area (TPSA) is 118 Å². The summed E-state index contributed by atoms with van der Waals surface area (Å²) in [5.41, 5.74) is 2.67. The number of rotatable bonds is 9. The van der Waals surface area contributed by atoms with Crippen molar-refractivity contribution in [3.8, 4) is 11.4 Å². The van der Waals surface area contributed by atoms with E-state index < -0.39 is 23.7 Å². The van der Waals surface area contributed by atoms with Crippen molar-refractivity contribution in [1.82, 2.24) is 44.6 Å². The molecule has 1 fully saturated rings. The number of imidazole rings is 1. The summed E-state index contributed by atoms with van der Waals surface area (Å²) in [7, 11) is 0. The predicted molar refractivity (Wildman–Crippen MR) is 125 cm³/mol. The standard InChI is InChI=1S/C24H19F4N9O2/c25-23-17(19(37-13-29-32-34-37)5-7-21(23)39-24(26,27)28)4-6-20(38)18-12-36(33-31-18)11-16-10-35-9-15(14-1-2-14)3-8-22(35)30-16/h3,5,7-10,12-14H,1-2,4,6,11H2. The second kappa shape index (κ2) is 9.56. The summed E-state index contributed by atoms with van der Waals surface area (Å²) >= 11 is 0. The summed E-state index contributed by atoms with van der Waals surface area (Å²) in [6, 6.07) is 6.04. The molecule has 5 aromatic rings. The molecule has 0 N–H and O–H groups in total. The van der Waals surface area contributed by atoms with Gasteiger partial charge >= 0.3 is 6.36 Å². The van der Waals surface area contributed by atoms with Gasteiger partial charge in [0.25, 0.3) is 0 Å². The number of ether oxygens (including phenoxy) is 1. The molecule has 4 aromatic heterocycles. The molecule has 0 saturated heterocycles. The average molecular weight is 541 g/mol. The number of alkyl halides is 3. The van der Waals surface area contributed by atoms with Crippen LogP contribution >= 0.6 is 0 Å². The van der Waals surface area contributed by atoms with E-state index in [1.807, 2.05) is 16.7 Å². The average Bonchev–Trinajstić information content (AvgIpc) is 3.26. The van der Waals surface area contributed by atoms with Gasteiger partial charge in [-0.2, -0.15) is 0 Å². The third kappa shape index (κ3) is 5.32. The first-order valence-corrected chi connectivity index (χ1v) is 11.9. The van der Waals surface area contributed by atoms with E-state index in [-0.39, 0.29) is 36.3 Å². The number of nitrogens with zero attached hydrogens (tertiary/aromatic N) is 9. The first kappa shape index (κ1) is 24.6. The van der Waals surface area contributed by atoms with Crippen LogP contribution < -0.4 is 4.74 Å². The fraction of sp³-hybridized carbons (Fsp3) is 0.292. The lowest BCUT2D eigenvalue weighted by Gasteiger charge is -2.15. The van der Waals surface area contributed by atoms with Crippen LogP contribution in [0.25, 0.3) is 11.3 Å². The minimum absolute atomic E-state index is 0.0295. The number of tetrazole rings is 1. The monoisotopic (exact) mass is 541 g/mol. The molecule has 0 bridgehead atoms. The van der Waals surface area contributed by atoms with Crippen molar-refractivity contribution in [2.45, 2.75) is 44.5 Å². The van der Waals surface area contributed by atoms with Gasteiger partial charge in [0, 0.05) is 24.4 Å². The number of benzene rings is 1. The lowest BCUT2D eigenvalue weighted by Crippen LogP contribution is -2.19. The van der Waals surface area contributed by atoms with Crippen LogP contribution in [-0.4, -0.2) is 56.7 Å². The van der Waals surface area contributed by atoms with Gasteiger partial charge in [-0.1, -0.05) is 11.3 Å². The summed E-state index contributed by atoms with van der Waals surface area (Å²) in [6.07, 6.45) is 3.33. The molecule has 0 radical (unpaired) electrons. The second-order valence-electron chi connectivity index (χ2n) is 9.14. The van der Waals surface area contributed by atoms with Gasteiger partial charge in [0.05, 0.1) is 24.1 Å². The number of carbonyl (C=O) groups excluding carboxylic acids is 1. The maximum absolute atomic E-state index is 15.1. The van der Waals surface area contributed by atoms with Crippen LogP contribution in [0.2, 0.25) is 0 Å². The molecule has 6 rings (SSSR count). The third-order valence-electron chi connectivity index (χ3n) is 6.33. The molecule has 11 nitrogen and oxygen atoms in total. The minimum Gasteiger partial charge on any atom is -0.403 e. The van der Waals surface area contributed by atoms with E-state index in [1.54, 1.807) is 0 Å². The second-order valence-corrected chi connectivity index (χ2v) is 9.14. The molecule has 0 amide bonds. The Labute approximate surface area is 217 Å². The fourth-order valence-electron chi connectivity index (χ4n) is 4.35. The van der Waals surface area contributed by atoms with Crippen molar-refractivity contribution < 1.29 is 27.1 Å². The Bertz CT molecular complexity index is 1660. The molecule has 200 valence electrons. The van der Waals surface area contributed by atoms with E-state index in [1.165, 1.54) is 35.4 Å². The number of hydrogen-bond donors (Lipinski definition) is 0. The van der Waals surface area contributed by atoms with Gasteiger partial charge < -0.3 is 9.14 Å². The molecule has 1 saturated carbocycles. The molecule has 0 spiro atoms. The van der Waals surface area contributed by atoms with E-state index >= 15 is 4.39 Å². The number of aromatic nitrogens is 9. The Balaban J connectivity index is 1.17. The predicted octanol–water partition coefficient (Wildman–Crippen LogP) is 3.68. The van der Waals surface area contributed by atoms with Crippen LogP contribution in [0.1, 0.15) is 52.5 Å². The van der Waals surface area contributed by atoms with Crippen molar-refractivity contribution in [2.24, 2.45) is 0 Å². The summed E-state index contributed by atoms with van der Waals surface area (Å²) in [6.45, 7) is 0.273. The molecular weight excluding hydrogens is 522 g/mol. The van der Waals surface area contributed by atoms with Gasteiger partial charge in [-0.25, -0.2) is 18.7 Å². The van der Waals surface area contributed by atoms with Gasteiger partial charge in [0.2, 0.25) is 0 Å². The Hall–Kier alpha value is -4.69. The van der Waals surface area contributed by atoms with E-state index in [4.69, 9.17) is 0 Å². The smallest absolute Gasteiger partial charge is 0.403 e. The zero-order valence-electron chi connectivity index (χ0n) is 20.1. The fourth-order valence-corrected chi connectivity index (χ4v) is 4.35. The largest absolute Gasteiger partial charge is 0.573 e. The van der Waals surface area contributed by atoms with Gasteiger partial charge in [0.1, 0.15) is 17.7 Å². The van der Waals surface area contributed by atoms with Crippen molar-refractivity contribution in [3.63, 3.8) is 0 Å². The third-order valence-corrected chi connectivity index (χ3v) is 6.33. The SMILES string of the molecule is O=C(CCc1c(-n2cnnn2)ccc(OC(F)(F)F)c1F)c1cn(Cc2cn3cc(C4CC4)ccc3n2)nn1. The van der Waals surface area contributed by atoms with Gasteiger partial charge in [-0.3, -0.25) is 4.79 Å². The highest BCUT2D eigenvalue weighted by Gasteiger charge is 2.33. The van der Waals surface area contributed by atoms with Crippen LogP contribution in [0.4, 0.5) is 17.6 Å². The Kier molecular flexibility index (Phi) is 6.04. The zero-order valence-corrected chi connectivity index (χ0v) is 20.1. The highest BCUT2D eigenvalue weighted by Crippen LogP contribution is 2.40. The summed E-state index contributed by atoms with van der Waals surface area (Å²) in [5, 5.41) is 18.5. The maximum Gasteiger partial charge on any atom is 0.573 e. The van der Waals surface area contributed by atoms with Crippen molar-refractivity contribution in [3.05, 3.63) is 77.5 Å². The normalized spacial score (nSPS) is 13.7. The van der Waals surface area contributed by atoms with E-state index in [0.29, 0.717) is 5.92 Å². The van der Waals surface area contributed by atoms with Crippen LogP contribution in [0, 0.1) is 5.82 Å². The lowest BCUT2D eigenvalue weighted by atomic mass is 10.0. The molecule has 0 unspecified atom stereocenters. The first-order chi connectivity index (χ1) is 18.7. The van der Waals surface area contributed by atoms with E-state index in [2.05, 4.69) is 47.8 Å². The molecular formula is C24H19F4N9O2. The maximum atomic E-state index is 15.1. The Morgan fingerprint density at radius 1 is 1.08 bits per heavy atom. The molecule has 1 aliphatic carbocycles. The quantitative estimate of drug-likeness (QED) is 0.205. The molecule has 0 atom stereocenters. The summed E-state index contributed by atoms with van der Waals surface area (Å²) < 4.78 is 61.5. The zero-order chi connectivity index (χ0) is 27.1. The van der Waals surface area contributed by atoms with Crippen molar-refractivity contribution in [1.29, 1.82) is 0 Å². The number of ketones is 1. The number of pyridine rings is 1. The Morgan fingerprint density at radius 3 is 2.67 bits per heavy atom. The van der Waals surface area contributed by atoms with Crippen LogP contribution in [0.5, 0.6) is 5.75 Å². The van der Waals surface area contributed by atoms with Gasteiger partial charge in [-0.15, -0.1) is 23.4 Å². The van der Waals surface area contributed by atoms with Crippen LogP contribution in [0.3, 0.4) is 0 Å². The molecule has 39 heavy (non-hydrogen) atoms. The number of halogens is 4. The van der Waals surface area contributed by atoms with Crippen LogP contribution in [0.15, 0.2) is 49.2 Å². The number of Topliss-reactive ketones (excluding diaryl/α,β-unsaturated/α-hetero) is 1. The first-order valence-electron chi connectivity index (χ1n) is 11.9. The number of fused-ring (bicyclic) bond motifs is 1. The molecule has 1 aliphatic rings. The van der Waals surface area contributed by atoms with Gasteiger partial charge in [-0.05, 0) is 59.4 Å². The highest BCUT2D eigenvalue weighted by molar-refractivity contribution is 5.94. The van der Waals surface area contributed by atoms with E-state index in [9.17, 15) is 18.0 Å². The molecule has 1 aromatic carbocycles. The number of carbonyl (C=O) groups is 1.